The maximum absolute atomic E-state index is 13.0. The number of ketones is 1. The van der Waals surface area contributed by atoms with Gasteiger partial charge >= 0.3 is 0 Å². The molecule has 27 heavy (non-hydrogen) atoms. The number of nitrogens with zero attached hydrogens (tertiary/aromatic N) is 2. The molecule has 2 aliphatic heterocycles. The van der Waals surface area contributed by atoms with Crippen LogP contribution < -0.4 is 4.90 Å². The number of carbonyl (C=O) groups is 3. The van der Waals surface area contributed by atoms with Crippen molar-refractivity contribution in [1.82, 2.24) is 4.90 Å². The average molecular weight is 392 g/mol. The van der Waals surface area contributed by atoms with Crippen LogP contribution in [0.3, 0.4) is 0 Å². The van der Waals surface area contributed by atoms with Gasteiger partial charge in [0.05, 0.1) is 17.8 Å². The Morgan fingerprint density at radius 1 is 1.15 bits per heavy atom. The van der Waals surface area contributed by atoms with E-state index in [0.717, 1.165) is 12.1 Å². The lowest BCUT2D eigenvalue weighted by molar-refractivity contribution is -0.124. The predicted molar refractivity (Wildman–Crippen MR) is 101 cm³/mol. The number of carbonyl (C=O) groups excluding carboxylic acids is 3. The second kappa shape index (κ2) is 6.97. The second-order valence-electron chi connectivity index (χ2n) is 8.16. The van der Waals surface area contributed by atoms with E-state index in [2.05, 4.69) is 19.6 Å². The number of amides is 2. The van der Waals surface area contributed by atoms with E-state index in [1.807, 2.05) is 0 Å². The highest BCUT2D eigenvalue weighted by Gasteiger charge is 2.45. The fourth-order valence-electron chi connectivity index (χ4n) is 3.21. The molecule has 1 aromatic carbocycles. The molecule has 2 amide bonds. The van der Waals surface area contributed by atoms with E-state index in [9.17, 15) is 24.6 Å². The third-order valence-corrected chi connectivity index (χ3v) is 6.49. The molecular formula is C18H24N2O6Si. The van der Waals surface area contributed by atoms with Crippen LogP contribution in [0.5, 0.6) is 11.5 Å². The summed E-state index contributed by atoms with van der Waals surface area (Å²) in [5, 5.41) is 19.7. The predicted octanol–water partition coefficient (Wildman–Crippen LogP) is 1.54. The molecule has 9 heteroatoms. The van der Waals surface area contributed by atoms with Crippen LogP contribution in [-0.4, -0.2) is 66.7 Å². The van der Waals surface area contributed by atoms with Crippen LogP contribution in [-0.2, 0) is 14.3 Å². The molecule has 146 valence electrons. The van der Waals surface area contributed by atoms with Gasteiger partial charge in [-0.15, -0.1) is 0 Å². The summed E-state index contributed by atoms with van der Waals surface area (Å²) in [6.07, 6.45) is -0.0398. The van der Waals surface area contributed by atoms with Crippen LogP contribution in [0.2, 0.25) is 25.7 Å². The molecule has 2 heterocycles. The SMILES string of the molecule is C[Si](C)(C)CCOCN1C(=O)[C@@H]2CC(=O)CN2C(=O)c2cc(O)c(O)cc21. The standard InChI is InChI=1S/C18H24N2O6Si/c1-27(2,3)5-4-26-10-20-13-8-16(23)15(22)7-12(13)17(24)19-9-11(21)6-14(19)18(20)25/h7-8,14,22-23H,4-6,9-10H2,1-3H3/t14-/m0/s1. The van der Waals surface area contributed by atoms with Gasteiger partial charge in [0, 0.05) is 27.2 Å². The summed E-state index contributed by atoms with van der Waals surface area (Å²) in [6, 6.07) is 2.34. The van der Waals surface area contributed by atoms with Crippen molar-refractivity contribution in [2.45, 2.75) is 38.1 Å². The van der Waals surface area contributed by atoms with Gasteiger partial charge in [-0.25, -0.2) is 0 Å². The number of aromatic hydroxyl groups is 2. The van der Waals surface area contributed by atoms with E-state index in [1.54, 1.807) is 0 Å². The fraction of sp³-hybridized carbons (Fsp3) is 0.500. The number of hydrogen-bond donors (Lipinski definition) is 2. The van der Waals surface area contributed by atoms with Gasteiger partial charge in [0.25, 0.3) is 11.8 Å². The van der Waals surface area contributed by atoms with Crippen molar-refractivity contribution in [3.8, 4) is 11.5 Å². The van der Waals surface area contributed by atoms with E-state index < -0.39 is 37.4 Å². The van der Waals surface area contributed by atoms with Crippen LogP contribution in [0.15, 0.2) is 12.1 Å². The number of fused-ring (bicyclic) bond motifs is 2. The summed E-state index contributed by atoms with van der Waals surface area (Å²) in [6.45, 7) is 6.88. The molecule has 1 aromatic rings. The Bertz CT molecular complexity index is 804. The van der Waals surface area contributed by atoms with Crippen molar-refractivity contribution >= 4 is 31.4 Å². The highest BCUT2D eigenvalue weighted by atomic mass is 28.3. The molecule has 0 aliphatic carbocycles. The number of ether oxygens (including phenoxy) is 1. The summed E-state index contributed by atoms with van der Waals surface area (Å²) in [7, 11) is -1.31. The molecule has 1 atom stereocenters. The lowest BCUT2D eigenvalue weighted by Gasteiger charge is -2.26. The molecule has 8 nitrogen and oxygen atoms in total. The Balaban J connectivity index is 1.94. The van der Waals surface area contributed by atoms with Gasteiger partial charge in [0.15, 0.2) is 17.3 Å². The Labute approximate surface area is 158 Å². The number of benzene rings is 1. The van der Waals surface area contributed by atoms with Crippen LogP contribution >= 0.6 is 0 Å². The maximum Gasteiger partial charge on any atom is 0.257 e. The first-order chi connectivity index (χ1) is 12.6. The quantitative estimate of drug-likeness (QED) is 0.447. The minimum absolute atomic E-state index is 0.0398. The molecule has 0 unspecified atom stereocenters. The third-order valence-electron chi connectivity index (χ3n) is 4.79. The summed E-state index contributed by atoms with van der Waals surface area (Å²) in [5.41, 5.74) is 0.236. The van der Waals surface area contributed by atoms with E-state index in [4.69, 9.17) is 4.74 Å². The summed E-state index contributed by atoms with van der Waals surface area (Å²) in [5.74, 6) is -2.02. The molecule has 0 aromatic heterocycles. The average Bonchev–Trinajstić information content (AvgIpc) is 2.94. The Hall–Kier alpha value is -2.39. The van der Waals surface area contributed by atoms with Crippen molar-refractivity contribution in [3.63, 3.8) is 0 Å². The third kappa shape index (κ3) is 3.84. The minimum Gasteiger partial charge on any atom is -0.504 e. The summed E-state index contributed by atoms with van der Waals surface area (Å²) < 4.78 is 5.69. The number of hydrogen-bond acceptors (Lipinski definition) is 6. The molecule has 2 aliphatic rings. The monoisotopic (exact) mass is 392 g/mol. The number of phenolic OH excluding ortho intramolecular Hbond substituents is 2. The van der Waals surface area contributed by atoms with Gasteiger partial charge in [-0.2, -0.15) is 0 Å². The van der Waals surface area contributed by atoms with Crippen molar-refractivity contribution < 1.29 is 29.3 Å². The van der Waals surface area contributed by atoms with Crippen LogP contribution in [0.4, 0.5) is 5.69 Å². The summed E-state index contributed by atoms with van der Waals surface area (Å²) >= 11 is 0. The topological polar surface area (TPSA) is 107 Å². The Morgan fingerprint density at radius 2 is 1.81 bits per heavy atom. The highest BCUT2D eigenvalue weighted by Crippen LogP contribution is 2.38. The summed E-state index contributed by atoms with van der Waals surface area (Å²) in [4.78, 5) is 40.2. The first kappa shape index (κ1) is 19.4. The number of anilines is 1. The molecule has 0 spiro atoms. The largest absolute Gasteiger partial charge is 0.504 e. The van der Waals surface area contributed by atoms with Crippen molar-refractivity contribution in [3.05, 3.63) is 17.7 Å². The molecule has 3 rings (SSSR count). The van der Waals surface area contributed by atoms with E-state index >= 15 is 0 Å². The van der Waals surface area contributed by atoms with Gasteiger partial charge in [0.1, 0.15) is 12.8 Å². The van der Waals surface area contributed by atoms with Gasteiger partial charge in [0.2, 0.25) is 0 Å². The minimum atomic E-state index is -1.31. The van der Waals surface area contributed by atoms with Crippen molar-refractivity contribution in [2.24, 2.45) is 0 Å². The smallest absolute Gasteiger partial charge is 0.257 e. The molecule has 1 fully saturated rings. The van der Waals surface area contributed by atoms with Gasteiger partial charge in [-0.1, -0.05) is 19.6 Å². The van der Waals surface area contributed by atoms with Crippen LogP contribution in [0, 0.1) is 0 Å². The lowest BCUT2D eigenvalue weighted by atomic mass is 10.1. The van der Waals surface area contributed by atoms with Gasteiger partial charge in [-0.05, 0) is 12.1 Å². The molecule has 2 N–H and O–H groups in total. The molecule has 1 saturated heterocycles. The first-order valence-corrected chi connectivity index (χ1v) is 12.6. The van der Waals surface area contributed by atoms with Gasteiger partial charge < -0.3 is 19.8 Å². The molecule has 0 saturated carbocycles. The molecular weight excluding hydrogens is 368 g/mol. The van der Waals surface area contributed by atoms with E-state index in [0.29, 0.717) is 6.61 Å². The number of Topliss-reactive ketones (excluding diaryl/α,β-unsaturated/α-hetero) is 1. The Morgan fingerprint density at radius 3 is 2.48 bits per heavy atom. The van der Waals surface area contributed by atoms with E-state index in [1.165, 1.54) is 15.9 Å². The zero-order chi connectivity index (χ0) is 19.9. The first-order valence-electron chi connectivity index (χ1n) is 8.86. The molecule has 0 bridgehead atoms. The van der Waals surface area contributed by atoms with Crippen LogP contribution in [0.1, 0.15) is 16.8 Å². The fourth-order valence-corrected chi connectivity index (χ4v) is 3.96. The van der Waals surface area contributed by atoms with Crippen molar-refractivity contribution in [1.29, 1.82) is 0 Å². The van der Waals surface area contributed by atoms with Gasteiger partial charge in [-0.3, -0.25) is 19.3 Å². The highest BCUT2D eigenvalue weighted by molar-refractivity contribution is 6.76. The van der Waals surface area contributed by atoms with E-state index in [-0.39, 0.29) is 36.7 Å². The zero-order valence-electron chi connectivity index (χ0n) is 15.7. The van der Waals surface area contributed by atoms with Crippen molar-refractivity contribution in [2.75, 3.05) is 24.8 Å². The number of rotatable bonds is 5. The Kier molecular flexibility index (Phi) is 5.00. The molecule has 0 radical (unpaired) electrons. The lowest BCUT2D eigenvalue weighted by Crippen LogP contribution is -2.45. The van der Waals surface area contributed by atoms with Crippen LogP contribution in [0.25, 0.3) is 0 Å². The zero-order valence-corrected chi connectivity index (χ0v) is 16.7. The normalized spacial score (nSPS) is 20.0. The number of phenols is 2. The maximum atomic E-state index is 13.0. The second-order valence-corrected chi connectivity index (χ2v) is 13.8.